The van der Waals surface area contributed by atoms with Crippen molar-refractivity contribution in [3.05, 3.63) is 58.3 Å². The molecule has 3 rings (SSSR count). The highest BCUT2D eigenvalue weighted by molar-refractivity contribution is 6.70. The standard InChI is InChI=1S/C20H22O4Si/c1-20(2,24-25(3,4)5)19(22)13-10-11-17-15(12-13)18(21)14-8-6-7-9-16(14)23-17/h6-12H,1-5H3. The highest BCUT2D eigenvalue weighted by Crippen LogP contribution is 2.25. The molecule has 0 spiro atoms. The number of ketones is 1. The summed E-state index contributed by atoms with van der Waals surface area (Å²) in [5, 5.41) is 0.922. The quantitative estimate of drug-likeness (QED) is 0.385. The largest absolute Gasteiger partial charge is 0.456 e. The highest BCUT2D eigenvalue weighted by atomic mass is 28.4. The maximum Gasteiger partial charge on any atom is 0.200 e. The fourth-order valence-electron chi connectivity index (χ4n) is 3.10. The molecule has 0 unspecified atom stereocenters. The zero-order valence-corrected chi connectivity index (χ0v) is 16.2. The summed E-state index contributed by atoms with van der Waals surface area (Å²) in [7, 11) is -1.89. The van der Waals surface area contributed by atoms with Crippen LogP contribution < -0.4 is 5.43 Å². The lowest BCUT2D eigenvalue weighted by Gasteiger charge is -2.31. The van der Waals surface area contributed by atoms with E-state index in [9.17, 15) is 9.59 Å². The first-order valence-electron chi connectivity index (χ1n) is 8.29. The smallest absolute Gasteiger partial charge is 0.200 e. The molecule has 1 heterocycles. The van der Waals surface area contributed by atoms with Crippen LogP contribution in [0.2, 0.25) is 19.6 Å². The molecule has 3 aromatic rings. The highest BCUT2D eigenvalue weighted by Gasteiger charge is 2.34. The maximum absolute atomic E-state index is 12.9. The normalized spacial score (nSPS) is 12.7. The summed E-state index contributed by atoms with van der Waals surface area (Å²) in [4.78, 5) is 25.7. The Labute approximate surface area is 147 Å². The van der Waals surface area contributed by atoms with Crippen molar-refractivity contribution < 1.29 is 13.6 Å². The van der Waals surface area contributed by atoms with Gasteiger partial charge in [0.25, 0.3) is 0 Å². The molecule has 5 heteroatoms. The Morgan fingerprint density at radius 3 is 2.32 bits per heavy atom. The van der Waals surface area contributed by atoms with Gasteiger partial charge in [0.1, 0.15) is 16.8 Å². The molecule has 0 saturated carbocycles. The summed E-state index contributed by atoms with van der Waals surface area (Å²) in [5.41, 5.74) is 0.411. The van der Waals surface area contributed by atoms with Crippen LogP contribution in [0.4, 0.5) is 0 Å². The molecule has 2 aromatic carbocycles. The van der Waals surface area contributed by atoms with Crippen LogP contribution in [0.15, 0.2) is 51.7 Å². The van der Waals surface area contributed by atoms with E-state index >= 15 is 0 Å². The third kappa shape index (κ3) is 3.43. The summed E-state index contributed by atoms with van der Waals surface area (Å²) in [6.45, 7) is 9.69. The third-order valence-corrected chi connectivity index (χ3v) is 5.07. The van der Waals surface area contributed by atoms with E-state index in [4.69, 9.17) is 8.84 Å². The third-order valence-electron chi connectivity index (χ3n) is 3.95. The van der Waals surface area contributed by atoms with E-state index in [-0.39, 0.29) is 11.2 Å². The van der Waals surface area contributed by atoms with Crippen LogP contribution in [0.3, 0.4) is 0 Å². The van der Waals surface area contributed by atoms with Crippen LogP contribution in [0.1, 0.15) is 24.2 Å². The molecule has 1 aromatic heterocycles. The molecule has 130 valence electrons. The average molecular weight is 354 g/mol. The Morgan fingerprint density at radius 1 is 1.00 bits per heavy atom. The second-order valence-corrected chi connectivity index (χ2v) is 12.1. The van der Waals surface area contributed by atoms with Gasteiger partial charge >= 0.3 is 0 Å². The van der Waals surface area contributed by atoms with Gasteiger partial charge in [-0.25, -0.2) is 0 Å². The van der Waals surface area contributed by atoms with E-state index in [1.807, 2.05) is 25.7 Å². The van der Waals surface area contributed by atoms with Gasteiger partial charge in [0.15, 0.2) is 14.1 Å². The number of benzene rings is 2. The topological polar surface area (TPSA) is 56.5 Å². The lowest BCUT2D eigenvalue weighted by atomic mass is 9.95. The molecule has 0 aliphatic heterocycles. The molecule has 0 saturated heterocycles. The molecular formula is C20H22O4Si. The number of hydrogen-bond acceptors (Lipinski definition) is 4. The molecule has 0 amide bonds. The predicted octanol–water partition coefficient (Wildman–Crippen LogP) is 4.76. The first kappa shape index (κ1) is 17.6. The predicted molar refractivity (Wildman–Crippen MR) is 103 cm³/mol. The zero-order chi connectivity index (χ0) is 18.4. The Balaban J connectivity index is 2.12. The second kappa shape index (κ2) is 5.93. The van der Waals surface area contributed by atoms with E-state index < -0.39 is 13.9 Å². The van der Waals surface area contributed by atoms with Crippen molar-refractivity contribution in [3.63, 3.8) is 0 Å². The molecule has 0 N–H and O–H groups in total. The molecule has 0 atom stereocenters. The lowest BCUT2D eigenvalue weighted by molar-refractivity contribution is 0.0558. The van der Waals surface area contributed by atoms with Crippen LogP contribution in [0.5, 0.6) is 0 Å². The van der Waals surface area contributed by atoms with Crippen LogP contribution in [-0.2, 0) is 4.43 Å². The summed E-state index contributed by atoms with van der Waals surface area (Å²) < 4.78 is 11.8. The fraction of sp³-hybridized carbons (Fsp3) is 0.300. The van der Waals surface area contributed by atoms with Crippen molar-refractivity contribution in [3.8, 4) is 0 Å². The minimum atomic E-state index is -1.89. The van der Waals surface area contributed by atoms with Gasteiger partial charge in [0.05, 0.1) is 10.8 Å². The number of Topliss-reactive ketones (excluding diaryl/α,β-unsaturated/α-hetero) is 1. The second-order valence-electron chi connectivity index (χ2n) is 7.69. The first-order valence-corrected chi connectivity index (χ1v) is 11.7. The van der Waals surface area contributed by atoms with Gasteiger partial charge in [-0.1, -0.05) is 12.1 Å². The van der Waals surface area contributed by atoms with Gasteiger partial charge in [-0.15, -0.1) is 0 Å². The molecule has 0 aliphatic rings. The lowest BCUT2D eigenvalue weighted by Crippen LogP contribution is -2.44. The Hall–Kier alpha value is -2.24. The SMILES string of the molecule is CC(C)(O[Si](C)(C)C)C(=O)c1ccc2oc3ccccc3c(=O)c2c1. The van der Waals surface area contributed by atoms with E-state index in [1.165, 1.54) is 0 Å². The Morgan fingerprint density at radius 2 is 1.64 bits per heavy atom. The number of carbonyl (C=O) groups excluding carboxylic acids is 1. The average Bonchev–Trinajstić information content (AvgIpc) is 2.52. The monoisotopic (exact) mass is 354 g/mol. The molecule has 0 aliphatic carbocycles. The van der Waals surface area contributed by atoms with Crippen LogP contribution in [-0.4, -0.2) is 19.7 Å². The molecule has 25 heavy (non-hydrogen) atoms. The van der Waals surface area contributed by atoms with Crippen molar-refractivity contribution in [2.45, 2.75) is 39.1 Å². The van der Waals surface area contributed by atoms with Crippen LogP contribution >= 0.6 is 0 Å². The summed E-state index contributed by atoms with van der Waals surface area (Å²) in [6, 6.07) is 12.1. The number of fused-ring (bicyclic) bond motifs is 2. The molecule has 4 nitrogen and oxygen atoms in total. The summed E-state index contributed by atoms with van der Waals surface area (Å²) in [6.07, 6.45) is 0. The number of para-hydroxylation sites is 1. The van der Waals surface area contributed by atoms with Crippen LogP contribution in [0.25, 0.3) is 21.9 Å². The van der Waals surface area contributed by atoms with Crippen molar-refractivity contribution in [2.75, 3.05) is 0 Å². The Bertz CT molecular complexity index is 1030. The zero-order valence-electron chi connectivity index (χ0n) is 15.2. The fourth-order valence-corrected chi connectivity index (χ4v) is 4.73. The van der Waals surface area contributed by atoms with E-state index in [1.54, 1.807) is 50.2 Å². The van der Waals surface area contributed by atoms with Crippen molar-refractivity contribution in [2.24, 2.45) is 0 Å². The minimum absolute atomic E-state index is 0.129. The summed E-state index contributed by atoms with van der Waals surface area (Å²) >= 11 is 0. The van der Waals surface area contributed by atoms with Crippen molar-refractivity contribution >= 4 is 36.0 Å². The number of hydrogen-bond donors (Lipinski definition) is 0. The van der Waals surface area contributed by atoms with Gasteiger partial charge in [0.2, 0.25) is 5.43 Å². The van der Waals surface area contributed by atoms with Crippen LogP contribution in [0, 0.1) is 0 Å². The minimum Gasteiger partial charge on any atom is -0.456 e. The van der Waals surface area contributed by atoms with Gasteiger partial charge in [-0.2, -0.15) is 0 Å². The van der Waals surface area contributed by atoms with E-state index in [2.05, 4.69) is 0 Å². The van der Waals surface area contributed by atoms with Gasteiger partial charge in [-0.3, -0.25) is 9.59 Å². The van der Waals surface area contributed by atoms with Gasteiger partial charge in [-0.05, 0) is 63.8 Å². The van der Waals surface area contributed by atoms with Crippen molar-refractivity contribution in [1.29, 1.82) is 0 Å². The molecule has 0 bridgehead atoms. The van der Waals surface area contributed by atoms with Gasteiger partial charge < -0.3 is 8.84 Å². The molecule has 0 radical (unpaired) electrons. The first-order chi connectivity index (χ1) is 11.6. The number of carbonyl (C=O) groups is 1. The molecular weight excluding hydrogens is 332 g/mol. The van der Waals surface area contributed by atoms with E-state index in [0.717, 1.165) is 0 Å². The van der Waals surface area contributed by atoms with Crippen molar-refractivity contribution in [1.82, 2.24) is 0 Å². The number of rotatable bonds is 4. The summed E-state index contributed by atoms with van der Waals surface area (Å²) in [5.74, 6) is -0.135. The van der Waals surface area contributed by atoms with E-state index in [0.29, 0.717) is 27.5 Å². The molecule has 0 fully saturated rings. The Kier molecular flexibility index (Phi) is 4.17. The maximum atomic E-state index is 12.9. The van der Waals surface area contributed by atoms with Gasteiger partial charge in [0, 0.05) is 5.56 Å².